The molecule has 1 fully saturated rings. The van der Waals surface area contributed by atoms with E-state index in [4.69, 9.17) is 4.74 Å². The summed E-state index contributed by atoms with van der Waals surface area (Å²) in [5, 5.41) is 14.2. The number of fused-ring (bicyclic) bond motifs is 1. The molecule has 2 aromatic heterocycles. The Morgan fingerprint density at radius 2 is 1.91 bits per heavy atom. The first-order valence-corrected chi connectivity index (χ1v) is 10.8. The molecule has 4 heterocycles. The van der Waals surface area contributed by atoms with Crippen LogP contribution in [-0.2, 0) is 22.6 Å². The zero-order valence-electron chi connectivity index (χ0n) is 17.6. The van der Waals surface area contributed by atoms with E-state index in [1.807, 2.05) is 42.7 Å². The summed E-state index contributed by atoms with van der Waals surface area (Å²) >= 11 is 0. The van der Waals surface area contributed by atoms with Gasteiger partial charge in [0.05, 0.1) is 24.5 Å². The zero-order chi connectivity index (χ0) is 22.0. The molecule has 3 unspecified atom stereocenters. The fourth-order valence-corrected chi connectivity index (χ4v) is 5.53. The molecule has 162 valence electrons. The number of ether oxygens (including phenoxy) is 1. The summed E-state index contributed by atoms with van der Waals surface area (Å²) < 4.78 is 7.45. The highest BCUT2D eigenvalue weighted by atomic mass is 16.5. The van der Waals surface area contributed by atoms with Crippen molar-refractivity contribution in [1.29, 1.82) is 0 Å². The standard InChI is InChI=1S/C25H23N3O4/c1-32-15-5-6-16-18(9-26-20(16)8-15)21-22(25(31)27-24(21)30)19-11-28-10-13(12-29)7-14-3-2-4-17(19)23(14)28/h2-6,8-9,11,13,21-22,26,29H,7,10,12H2,1H3,(H,27,30,31). The third kappa shape index (κ3) is 2.64. The Kier molecular flexibility index (Phi) is 4.16. The van der Waals surface area contributed by atoms with Gasteiger partial charge in [-0.1, -0.05) is 18.2 Å². The van der Waals surface area contributed by atoms with E-state index in [-0.39, 0.29) is 24.3 Å². The molecule has 2 aromatic carbocycles. The number of benzene rings is 2. The zero-order valence-corrected chi connectivity index (χ0v) is 17.6. The van der Waals surface area contributed by atoms with Crippen LogP contribution >= 0.6 is 0 Å². The molecule has 2 aliphatic rings. The van der Waals surface area contributed by atoms with Crippen LogP contribution in [0.15, 0.2) is 48.8 Å². The number of nitrogens with zero attached hydrogens (tertiary/aromatic N) is 1. The van der Waals surface area contributed by atoms with Crippen LogP contribution in [0, 0.1) is 5.92 Å². The van der Waals surface area contributed by atoms with E-state index in [2.05, 4.69) is 20.9 Å². The predicted octanol–water partition coefficient (Wildman–Crippen LogP) is 2.82. The van der Waals surface area contributed by atoms with Crippen molar-refractivity contribution in [3.8, 4) is 5.75 Å². The minimum atomic E-state index is -0.623. The van der Waals surface area contributed by atoms with Crippen LogP contribution in [0.3, 0.4) is 0 Å². The monoisotopic (exact) mass is 429 g/mol. The first kappa shape index (κ1) is 19.1. The molecule has 7 nitrogen and oxygen atoms in total. The summed E-state index contributed by atoms with van der Waals surface area (Å²) in [6.45, 7) is 0.816. The van der Waals surface area contributed by atoms with Crippen LogP contribution in [-0.4, -0.2) is 40.2 Å². The first-order valence-electron chi connectivity index (χ1n) is 10.8. The van der Waals surface area contributed by atoms with Crippen molar-refractivity contribution in [3.63, 3.8) is 0 Å². The molecular weight excluding hydrogens is 406 g/mol. The maximum Gasteiger partial charge on any atom is 0.235 e. The van der Waals surface area contributed by atoms with E-state index in [1.54, 1.807) is 7.11 Å². The van der Waals surface area contributed by atoms with Gasteiger partial charge in [-0.2, -0.15) is 0 Å². The Labute approximate surface area is 184 Å². The van der Waals surface area contributed by atoms with Crippen LogP contribution in [0.25, 0.3) is 21.8 Å². The maximum absolute atomic E-state index is 13.1. The third-order valence-corrected chi connectivity index (χ3v) is 6.97. The number of hydrogen-bond donors (Lipinski definition) is 3. The molecular formula is C25H23N3O4. The summed E-state index contributed by atoms with van der Waals surface area (Å²) in [5.74, 6) is -0.925. The molecule has 0 saturated carbocycles. The average Bonchev–Trinajstić information content (AvgIpc) is 3.46. The number of carbonyl (C=O) groups is 2. The number of aromatic nitrogens is 2. The maximum atomic E-state index is 13.1. The predicted molar refractivity (Wildman–Crippen MR) is 120 cm³/mol. The van der Waals surface area contributed by atoms with Gasteiger partial charge in [0, 0.05) is 53.8 Å². The lowest BCUT2D eigenvalue weighted by Gasteiger charge is -2.22. The largest absolute Gasteiger partial charge is 0.497 e. The van der Waals surface area contributed by atoms with Crippen LogP contribution in [0.5, 0.6) is 5.75 Å². The van der Waals surface area contributed by atoms with Crippen LogP contribution in [0.2, 0.25) is 0 Å². The van der Waals surface area contributed by atoms with Gasteiger partial charge in [0.2, 0.25) is 11.8 Å². The molecule has 0 spiro atoms. The first-order chi connectivity index (χ1) is 15.6. The Morgan fingerprint density at radius 3 is 2.69 bits per heavy atom. The van der Waals surface area contributed by atoms with Gasteiger partial charge in [-0.3, -0.25) is 14.9 Å². The normalized spacial score (nSPS) is 22.6. The summed E-state index contributed by atoms with van der Waals surface area (Å²) in [7, 11) is 1.61. The number of aliphatic hydroxyl groups is 1. The number of methoxy groups -OCH3 is 1. The molecule has 0 bridgehead atoms. The molecule has 0 aliphatic carbocycles. The lowest BCUT2D eigenvalue weighted by molar-refractivity contribution is -0.125. The molecule has 6 rings (SSSR count). The number of hydrogen-bond acceptors (Lipinski definition) is 4. The van der Waals surface area contributed by atoms with Gasteiger partial charge in [0.15, 0.2) is 0 Å². The minimum absolute atomic E-state index is 0.118. The Balaban J connectivity index is 1.52. The van der Waals surface area contributed by atoms with Crippen molar-refractivity contribution >= 4 is 33.6 Å². The van der Waals surface area contributed by atoms with E-state index in [0.29, 0.717) is 6.54 Å². The molecule has 3 atom stereocenters. The van der Waals surface area contributed by atoms with E-state index in [1.165, 1.54) is 5.56 Å². The van der Waals surface area contributed by atoms with Crippen LogP contribution in [0.4, 0.5) is 0 Å². The summed E-state index contributed by atoms with van der Waals surface area (Å²) in [6.07, 6.45) is 4.63. The number of aromatic amines is 1. The van der Waals surface area contributed by atoms with Crippen molar-refractivity contribution in [2.24, 2.45) is 5.92 Å². The lowest BCUT2D eigenvalue weighted by Crippen LogP contribution is -2.22. The van der Waals surface area contributed by atoms with E-state index in [9.17, 15) is 14.7 Å². The number of nitrogens with one attached hydrogen (secondary N) is 2. The van der Waals surface area contributed by atoms with E-state index < -0.39 is 11.8 Å². The van der Waals surface area contributed by atoms with Gasteiger partial charge in [0.1, 0.15) is 5.75 Å². The second-order valence-electron chi connectivity index (χ2n) is 8.77. The molecule has 0 radical (unpaired) electrons. The molecule has 1 saturated heterocycles. The van der Waals surface area contributed by atoms with Crippen molar-refractivity contribution < 1.29 is 19.4 Å². The summed E-state index contributed by atoms with van der Waals surface area (Å²) in [5.41, 5.74) is 4.78. The third-order valence-electron chi connectivity index (χ3n) is 6.97. The molecule has 3 N–H and O–H groups in total. The number of imide groups is 1. The molecule has 2 aliphatic heterocycles. The number of aliphatic hydroxyl groups excluding tert-OH is 1. The number of amides is 2. The highest BCUT2D eigenvalue weighted by Gasteiger charge is 2.46. The summed E-state index contributed by atoms with van der Waals surface area (Å²) in [6, 6.07) is 11.8. The molecule has 4 aromatic rings. The highest BCUT2D eigenvalue weighted by molar-refractivity contribution is 6.13. The van der Waals surface area contributed by atoms with Crippen molar-refractivity contribution in [2.75, 3.05) is 13.7 Å². The van der Waals surface area contributed by atoms with Gasteiger partial charge in [0.25, 0.3) is 0 Å². The number of H-pyrrole nitrogens is 1. The Morgan fingerprint density at radius 1 is 1.09 bits per heavy atom. The second-order valence-corrected chi connectivity index (χ2v) is 8.77. The topological polar surface area (TPSA) is 96.3 Å². The number of carbonyl (C=O) groups excluding carboxylic acids is 2. The van der Waals surface area contributed by atoms with Crippen molar-refractivity contribution in [2.45, 2.75) is 24.8 Å². The van der Waals surface area contributed by atoms with Crippen LogP contribution in [0.1, 0.15) is 28.5 Å². The minimum Gasteiger partial charge on any atom is -0.497 e. The smallest absolute Gasteiger partial charge is 0.235 e. The van der Waals surface area contributed by atoms with Gasteiger partial charge in [-0.15, -0.1) is 0 Å². The fourth-order valence-electron chi connectivity index (χ4n) is 5.53. The molecule has 32 heavy (non-hydrogen) atoms. The van der Waals surface area contributed by atoms with Crippen molar-refractivity contribution in [3.05, 3.63) is 65.5 Å². The quantitative estimate of drug-likeness (QED) is 0.435. The fraction of sp³-hybridized carbons (Fsp3) is 0.280. The Hall–Kier alpha value is -3.58. The number of rotatable bonds is 4. The summed E-state index contributed by atoms with van der Waals surface area (Å²) in [4.78, 5) is 29.3. The highest BCUT2D eigenvalue weighted by Crippen LogP contribution is 2.44. The Bertz CT molecular complexity index is 1400. The lowest BCUT2D eigenvalue weighted by atomic mass is 9.82. The molecule has 7 heteroatoms. The average molecular weight is 429 g/mol. The van der Waals surface area contributed by atoms with Gasteiger partial charge in [-0.05, 0) is 35.2 Å². The van der Waals surface area contributed by atoms with Crippen molar-refractivity contribution in [1.82, 2.24) is 14.9 Å². The SMILES string of the molecule is COc1ccc2c(C3C(=O)NC(=O)C3c3cn4c5c(cccc35)CC(CO)C4)c[nH]c2c1. The van der Waals surface area contributed by atoms with Gasteiger partial charge < -0.3 is 19.4 Å². The second kappa shape index (κ2) is 6.97. The van der Waals surface area contributed by atoms with E-state index in [0.717, 1.165) is 45.1 Å². The number of para-hydroxylation sites is 1. The molecule has 2 amide bonds. The van der Waals surface area contributed by atoms with E-state index >= 15 is 0 Å². The van der Waals surface area contributed by atoms with Crippen LogP contribution < -0.4 is 10.1 Å². The van der Waals surface area contributed by atoms with Gasteiger partial charge >= 0.3 is 0 Å². The van der Waals surface area contributed by atoms with Gasteiger partial charge in [-0.25, -0.2) is 0 Å².